The highest BCUT2D eigenvalue weighted by molar-refractivity contribution is 7.91. The predicted molar refractivity (Wildman–Crippen MR) is 92.9 cm³/mol. The van der Waals surface area contributed by atoms with Crippen molar-refractivity contribution in [3.63, 3.8) is 0 Å². The van der Waals surface area contributed by atoms with Crippen LogP contribution in [0.15, 0.2) is 34.8 Å². The SMILES string of the molecule is NS(=O)(=O)c1nn2cc(-c3ccc(-c4c(F)c(F)c(F)c(F)c4F)cc3)nc2s1. The van der Waals surface area contributed by atoms with Crippen molar-refractivity contribution in [2.45, 2.75) is 4.34 Å². The van der Waals surface area contributed by atoms with E-state index < -0.39 is 44.7 Å². The molecule has 0 fully saturated rings. The summed E-state index contributed by atoms with van der Waals surface area (Å²) < 4.78 is 91.3. The summed E-state index contributed by atoms with van der Waals surface area (Å²) in [5.41, 5.74) is -0.489. The molecule has 0 saturated carbocycles. The highest BCUT2D eigenvalue weighted by Gasteiger charge is 2.26. The minimum atomic E-state index is -3.98. The van der Waals surface area contributed by atoms with Gasteiger partial charge < -0.3 is 0 Å². The van der Waals surface area contributed by atoms with Crippen molar-refractivity contribution in [2.75, 3.05) is 0 Å². The van der Waals surface area contributed by atoms with Crippen molar-refractivity contribution < 1.29 is 30.4 Å². The summed E-state index contributed by atoms with van der Waals surface area (Å²) in [7, 11) is -3.98. The third-order valence-electron chi connectivity index (χ3n) is 3.95. The van der Waals surface area contributed by atoms with Gasteiger partial charge in [0.25, 0.3) is 10.0 Å². The Hall–Kier alpha value is -2.90. The monoisotopic (exact) mass is 446 g/mol. The van der Waals surface area contributed by atoms with Crippen molar-refractivity contribution in [1.82, 2.24) is 14.6 Å². The number of nitrogens with two attached hydrogens (primary N) is 1. The molecule has 2 aromatic carbocycles. The van der Waals surface area contributed by atoms with Crippen LogP contribution in [0.5, 0.6) is 0 Å². The molecule has 2 heterocycles. The van der Waals surface area contributed by atoms with Gasteiger partial charge in [0.1, 0.15) is 0 Å². The highest BCUT2D eigenvalue weighted by Crippen LogP contribution is 2.33. The molecule has 0 saturated heterocycles. The van der Waals surface area contributed by atoms with Crippen LogP contribution in [-0.4, -0.2) is 23.0 Å². The van der Waals surface area contributed by atoms with Crippen molar-refractivity contribution in [2.24, 2.45) is 5.14 Å². The summed E-state index contributed by atoms with van der Waals surface area (Å²) in [5.74, 6) is -10.2. The van der Waals surface area contributed by atoms with Gasteiger partial charge in [0.2, 0.25) is 15.1 Å². The van der Waals surface area contributed by atoms with E-state index in [0.717, 1.165) is 11.3 Å². The van der Waals surface area contributed by atoms with Gasteiger partial charge in [0, 0.05) is 5.56 Å². The molecule has 0 aliphatic heterocycles. The van der Waals surface area contributed by atoms with Crippen LogP contribution in [0.2, 0.25) is 0 Å². The topological polar surface area (TPSA) is 90.4 Å². The fraction of sp³-hybridized carbons (Fsp3) is 0. The smallest absolute Gasteiger partial charge is 0.223 e. The van der Waals surface area contributed by atoms with E-state index in [0.29, 0.717) is 11.3 Å². The Morgan fingerprint density at radius 3 is 1.90 bits per heavy atom. The van der Waals surface area contributed by atoms with Gasteiger partial charge >= 0.3 is 0 Å². The molecule has 150 valence electrons. The van der Waals surface area contributed by atoms with Gasteiger partial charge in [-0.1, -0.05) is 35.6 Å². The summed E-state index contributed by atoms with van der Waals surface area (Å²) in [6.07, 6.45) is 1.40. The van der Waals surface area contributed by atoms with E-state index in [1.54, 1.807) is 0 Å². The number of aromatic nitrogens is 3. The fourth-order valence-electron chi connectivity index (χ4n) is 2.60. The summed E-state index contributed by atoms with van der Waals surface area (Å²) in [5, 5.41) is 8.78. The van der Waals surface area contributed by atoms with E-state index in [1.807, 2.05) is 0 Å². The number of primary sulfonamides is 1. The first-order valence-corrected chi connectivity index (χ1v) is 9.95. The molecule has 6 nitrogen and oxygen atoms in total. The van der Waals surface area contributed by atoms with Gasteiger partial charge in [0.05, 0.1) is 17.5 Å². The lowest BCUT2D eigenvalue weighted by Gasteiger charge is -2.09. The summed E-state index contributed by atoms with van der Waals surface area (Å²) >= 11 is 0.738. The number of rotatable bonds is 3. The molecule has 0 radical (unpaired) electrons. The Morgan fingerprint density at radius 1 is 0.862 bits per heavy atom. The number of halogens is 5. The van der Waals surface area contributed by atoms with Crippen molar-refractivity contribution in [3.8, 4) is 22.4 Å². The number of imidazole rings is 1. The second-order valence-corrected chi connectivity index (χ2v) is 8.48. The highest BCUT2D eigenvalue weighted by atomic mass is 32.2. The average Bonchev–Trinajstić information content (AvgIpc) is 3.25. The molecule has 2 aromatic heterocycles. The van der Waals surface area contributed by atoms with E-state index in [9.17, 15) is 30.4 Å². The number of fused-ring (bicyclic) bond motifs is 1. The van der Waals surface area contributed by atoms with Crippen LogP contribution in [0, 0.1) is 29.1 Å². The normalized spacial score (nSPS) is 12.1. The van der Waals surface area contributed by atoms with Crippen LogP contribution in [-0.2, 0) is 10.0 Å². The van der Waals surface area contributed by atoms with E-state index in [2.05, 4.69) is 10.1 Å². The predicted octanol–water partition coefficient (Wildman–Crippen LogP) is 3.47. The van der Waals surface area contributed by atoms with E-state index in [-0.39, 0.29) is 14.9 Å². The Morgan fingerprint density at radius 2 is 1.38 bits per heavy atom. The van der Waals surface area contributed by atoms with Crippen LogP contribution in [0.4, 0.5) is 22.0 Å². The summed E-state index contributed by atoms with van der Waals surface area (Å²) in [6.45, 7) is 0. The molecular weight excluding hydrogens is 439 g/mol. The molecule has 0 unspecified atom stereocenters. The van der Waals surface area contributed by atoms with Crippen LogP contribution in [0.1, 0.15) is 0 Å². The van der Waals surface area contributed by atoms with Gasteiger partial charge in [-0.3, -0.25) is 0 Å². The van der Waals surface area contributed by atoms with Crippen molar-refractivity contribution in [3.05, 3.63) is 59.5 Å². The number of hydrogen-bond donors (Lipinski definition) is 1. The van der Waals surface area contributed by atoms with E-state index >= 15 is 0 Å². The lowest BCUT2D eigenvalue weighted by Crippen LogP contribution is -2.12. The first-order chi connectivity index (χ1) is 13.6. The molecular formula is C16H7F5N4O2S2. The Kier molecular flexibility index (Phi) is 4.40. The maximum atomic E-state index is 13.9. The molecule has 0 aliphatic carbocycles. The van der Waals surface area contributed by atoms with Gasteiger partial charge in [0.15, 0.2) is 23.3 Å². The Labute approximate surface area is 163 Å². The van der Waals surface area contributed by atoms with Crippen LogP contribution in [0.25, 0.3) is 27.3 Å². The molecule has 13 heteroatoms. The molecule has 29 heavy (non-hydrogen) atoms. The lowest BCUT2D eigenvalue weighted by atomic mass is 10.0. The molecule has 0 aliphatic rings. The molecule has 0 spiro atoms. The largest absolute Gasteiger partial charge is 0.267 e. The average molecular weight is 446 g/mol. The maximum Gasteiger partial charge on any atom is 0.267 e. The van der Waals surface area contributed by atoms with Crippen molar-refractivity contribution in [1.29, 1.82) is 0 Å². The third kappa shape index (κ3) is 3.16. The summed E-state index contributed by atoms with van der Waals surface area (Å²) in [6, 6.07) is 5.06. The number of benzene rings is 2. The quantitative estimate of drug-likeness (QED) is 0.297. The minimum absolute atomic E-state index is 0.225. The van der Waals surface area contributed by atoms with E-state index in [1.165, 1.54) is 35.0 Å². The summed E-state index contributed by atoms with van der Waals surface area (Å²) in [4.78, 5) is 4.41. The van der Waals surface area contributed by atoms with Gasteiger partial charge in [-0.05, 0) is 5.56 Å². The number of hydrogen-bond acceptors (Lipinski definition) is 5. The Bertz CT molecular complexity index is 1320. The molecule has 4 rings (SSSR count). The van der Waals surface area contributed by atoms with Crippen LogP contribution >= 0.6 is 11.3 Å². The van der Waals surface area contributed by atoms with Gasteiger partial charge in [-0.25, -0.2) is 45.0 Å². The van der Waals surface area contributed by atoms with Crippen LogP contribution < -0.4 is 5.14 Å². The van der Waals surface area contributed by atoms with Crippen molar-refractivity contribution >= 4 is 26.3 Å². The fourth-order valence-corrected chi connectivity index (χ4v) is 4.11. The third-order valence-corrected chi connectivity index (χ3v) is 6.18. The van der Waals surface area contributed by atoms with Gasteiger partial charge in [-0.15, -0.1) is 5.10 Å². The number of nitrogens with zero attached hydrogens (tertiary/aromatic N) is 3. The lowest BCUT2D eigenvalue weighted by molar-refractivity contribution is 0.381. The number of sulfonamides is 1. The first kappa shape index (κ1) is 19.4. The first-order valence-electron chi connectivity index (χ1n) is 7.59. The minimum Gasteiger partial charge on any atom is -0.223 e. The van der Waals surface area contributed by atoms with Gasteiger partial charge in [-0.2, -0.15) is 0 Å². The van der Waals surface area contributed by atoms with E-state index in [4.69, 9.17) is 5.14 Å². The van der Waals surface area contributed by atoms with Crippen LogP contribution in [0.3, 0.4) is 0 Å². The zero-order valence-corrected chi connectivity index (χ0v) is 15.5. The molecule has 2 N–H and O–H groups in total. The molecule has 4 aromatic rings. The molecule has 0 bridgehead atoms. The second kappa shape index (κ2) is 6.57. The zero-order chi connectivity index (χ0) is 21.1. The molecule has 0 atom stereocenters. The second-order valence-electron chi connectivity index (χ2n) is 5.79. The zero-order valence-electron chi connectivity index (χ0n) is 13.8. The standard InChI is InChI=1S/C16H7F5N4O2S2/c17-10-9(11(18)13(20)14(21)12(10)19)7-3-1-6(2-4-7)8-5-25-15(23-8)28-16(24-25)29(22,26)27/h1-5H,(H2,22,26,27). The Balaban J connectivity index is 1.74. The molecule has 0 amide bonds. The maximum absolute atomic E-state index is 13.9.